The van der Waals surface area contributed by atoms with Crippen molar-refractivity contribution < 1.29 is 14.6 Å². The third kappa shape index (κ3) is 3.80. The van der Waals surface area contributed by atoms with Gasteiger partial charge in [0.25, 0.3) is 0 Å². The van der Waals surface area contributed by atoms with Crippen LogP contribution in [0.2, 0.25) is 0 Å². The zero-order chi connectivity index (χ0) is 13.0. The maximum atomic E-state index is 10.8. The summed E-state index contributed by atoms with van der Waals surface area (Å²) in [5.41, 5.74) is 1.18. The Bertz CT molecular complexity index is 424. The SMILES string of the molecule is O=C(O)CC1COCCN1Cc1cccc(Br)c1. The van der Waals surface area contributed by atoms with E-state index in [4.69, 9.17) is 9.84 Å². The van der Waals surface area contributed by atoms with Gasteiger partial charge in [0.15, 0.2) is 0 Å². The molecule has 1 aromatic rings. The Labute approximate surface area is 115 Å². The molecule has 18 heavy (non-hydrogen) atoms. The summed E-state index contributed by atoms with van der Waals surface area (Å²) < 4.78 is 6.40. The van der Waals surface area contributed by atoms with E-state index in [2.05, 4.69) is 33.0 Å². The number of halogens is 1. The summed E-state index contributed by atoms with van der Waals surface area (Å²) in [5, 5.41) is 8.90. The van der Waals surface area contributed by atoms with Crippen LogP contribution in [-0.2, 0) is 16.1 Å². The van der Waals surface area contributed by atoms with Crippen molar-refractivity contribution in [3.63, 3.8) is 0 Å². The topological polar surface area (TPSA) is 49.8 Å². The molecule has 1 saturated heterocycles. The van der Waals surface area contributed by atoms with Gasteiger partial charge in [-0.2, -0.15) is 0 Å². The summed E-state index contributed by atoms with van der Waals surface area (Å²) in [6.45, 7) is 2.72. The van der Waals surface area contributed by atoms with E-state index in [1.54, 1.807) is 0 Å². The molecule has 0 aliphatic carbocycles. The zero-order valence-electron chi connectivity index (χ0n) is 10.0. The number of ether oxygens (including phenoxy) is 1. The van der Waals surface area contributed by atoms with Crippen molar-refractivity contribution in [3.8, 4) is 0 Å². The van der Waals surface area contributed by atoms with E-state index in [1.807, 2.05) is 12.1 Å². The molecule has 98 valence electrons. The first-order valence-electron chi connectivity index (χ1n) is 5.93. The van der Waals surface area contributed by atoms with Gasteiger partial charge in [-0.15, -0.1) is 0 Å². The van der Waals surface area contributed by atoms with Gasteiger partial charge in [-0.05, 0) is 17.7 Å². The monoisotopic (exact) mass is 313 g/mol. The Kier molecular flexibility index (Phi) is 4.74. The zero-order valence-corrected chi connectivity index (χ0v) is 11.6. The minimum absolute atomic E-state index is 0.0322. The Hall–Kier alpha value is -0.910. The van der Waals surface area contributed by atoms with Crippen LogP contribution >= 0.6 is 15.9 Å². The van der Waals surface area contributed by atoms with Crippen molar-refractivity contribution >= 4 is 21.9 Å². The molecule has 1 fully saturated rings. The predicted molar refractivity (Wildman–Crippen MR) is 71.4 cm³/mol. The number of carboxylic acid groups (broad SMARTS) is 1. The summed E-state index contributed by atoms with van der Waals surface area (Å²) in [6.07, 6.45) is 0.133. The standard InChI is InChI=1S/C13H16BrNO3/c14-11-3-1-2-10(6-11)8-15-4-5-18-9-12(15)7-13(16)17/h1-3,6,12H,4-5,7-9H2,(H,16,17). The second kappa shape index (κ2) is 6.31. The maximum absolute atomic E-state index is 10.8. The van der Waals surface area contributed by atoms with Crippen molar-refractivity contribution in [2.45, 2.75) is 19.0 Å². The lowest BCUT2D eigenvalue weighted by Gasteiger charge is -2.34. The number of nitrogens with zero attached hydrogens (tertiary/aromatic N) is 1. The van der Waals surface area contributed by atoms with Crippen LogP contribution in [0.25, 0.3) is 0 Å². The average Bonchev–Trinajstić information content (AvgIpc) is 2.31. The molecule has 1 unspecified atom stereocenters. The number of aliphatic carboxylic acids is 1. The van der Waals surface area contributed by atoms with E-state index < -0.39 is 5.97 Å². The molecular formula is C13H16BrNO3. The van der Waals surface area contributed by atoms with Crippen LogP contribution in [0, 0.1) is 0 Å². The highest BCUT2D eigenvalue weighted by atomic mass is 79.9. The highest BCUT2D eigenvalue weighted by Gasteiger charge is 2.25. The molecular weight excluding hydrogens is 298 g/mol. The molecule has 1 N–H and O–H groups in total. The Balaban J connectivity index is 2.03. The van der Waals surface area contributed by atoms with Gasteiger partial charge in [0.1, 0.15) is 0 Å². The molecule has 0 radical (unpaired) electrons. The Morgan fingerprint density at radius 3 is 3.11 bits per heavy atom. The highest BCUT2D eigenvalue weighted by Crippen LogP contribution is 2.17. The second-order valence-corrected chi connectivity index (χ2v) is 5.34. The first-order valence-corrected chi connectivity index (χ1v) is 6.72. The molecule has 1 aliphatic rings. The van der Waals surface area contributed by atoms with Gasteiger partial charge in [0.2, 0.25) is 0 Å². The van der Waals surface area contributed by atoms with Gasteiger partial charge in [0.05, 0.1) is 19.6 Å². The van der Waals surface area contributed by atoms with E-state index >= 15 is 0 Å². The lowest BCUT2D eigenvalue weighted by molar-refractivity contribution is -0.140. The van der Waals surface area contributed by atoms with E-state index in [-0.39, 0.29) is 12.5 Å². The molecule has 4 nitrogen and oxygen atoms in total. The van der Waals surface area contributed by atoms with Gasteiger partial charge in [-0.1, -0.05) is 28.1 Å². The summed E-state index contributed by atoms with van der Waals surface area (Å²) in [4.78, 5) is 13.0. The number of hydrogen-bond acceptors (Lipinski definition) is 3. The first kappa shape index (κ1) is 13.5. The van der Waals surface area contributed by atoms with Crippen LogP contribution < -0.4 is 0 Å². The normalized spacial score (nSPS) is 20.8. The van der Waals surface area contributed by atoms with Crippen LogP contribution in [0.1, 0.15) is 12.0 Å². The molecule has 1 aliphatic heterocycles. The Morgan fingerprint density at radius 1 is 1.56 bits per heavy atom. The molecule has 5 heteroatoms. The molecule has 1 heterocycles. The summed E-state index contributed by atoms with van der Waals surface area (Å²) >= 11 is 3.45. The molecule has 1 aromatic carbocycles. The Morgan fingerprint density at radius 2 is 2.39 bits per heavy atom. The largest absolute Gasteiger partial charge is 0.481 e. The molecule has 0 bridgehead atoms. The molecule has 0 aromatic heterocycles. The third-order valence-electron chi connectivity index (χ3n) is 3.03. The van der Waals surface area contributed by atoms with Crippen molar-refractivity contribution in [1.82, 2.24) is 4.90 Å². The highest BCUT2D eigenvalue weighted by molar-refractivity contribution is 9.10. The van der Waals surface area contributed by atoms with Gasteiger partial charge >= 0.3 is 5.97 Å². The third-order valence-corrected chi connectivity index (χ3v) is 3.53. The van der Waals surface area contributed by atoms with Crippen molar-refractivity contribution in [1.29, 1.82) is 0 Å². The molecule has 0 spiro atoms. The van der Waals surface area contributed by atoms with Gasteiger partial charge in [-0.3, -0.25) is 9.69 Å². The lowest BCUT2D eigenvalue weighted by atomic mass is 10.1. The molecule has 2 rings (SSSR count). The number of rotatable bonds is 4. The number of benzene rings is 1. The van der Waals surface area contributed by atoms with Crippen LogP contribution in [-0.4, -0.2) is 41.8 Å². The number of carboxylic acids is 1. The predicted octanol–water partition coefficient (Wildman–Crippen LogP) is 2.12. The summed E-state index contributed by atoms with van der Waals surface area (Å²) in [7, 11) is 0. The van der Waals surface area contributed by atoms with E-state index in [0.29, 0.717) is 13.2 Å². The minimum Gasteiger partial charge on any atom is -0.481 e. The summed E-state index contributed by atoms with van der Waals surface area (Å²) in [5.74, 6) is -0.773. The molecule has 0 saturated carbocycles. The van der Waals surface area contributed by atoms with Gasteiger partial charge in [-0.25, -0.2) is 0 Å². The number of carbonyl (C=O) groups is 1. The van der Waals surface area contributed by atoms with E-state index in [1.165, 1.54) is 5.56 Å². The lowest BCUT2D eigenvalue weighted by Crippen LogP contribution is -2.45. The van der Waals surface area contributed by atoms with Gasteiger partial charge < -0.3 is 9.84 Å². The van der Waals surface area contributed by atoms with Crippen molar-refractivity contribution in [3.05, 3.63) is 34.3 Å². The van der Waals surface area contributed by atoms with Crippen LogP contribution in [0.4, 0.5) is 0 Å². The minimum atomic E-state index is -0.773. The fourth-order valence-corrected chi connectivity index (χ4v) is 2.60. The van der Waals surface area contributed by atoms with Crippen LogP contribution in [0.5, 0.6) is 0 Å². The molecule has 1 atom stereocenters. The van der Waals surface area contributed by atoms with Crippen LogP contribution in [0.15, 0.2) is 28.7 Å². The van der Waals surface area contributed by atoms with Gasteiger partial charge in [0, 0.05) is 23.6 Å². The van der Waals surface area contributed by atoms with Crippen LogP contribution in [0.3, 0.4) is 0 Å². The molecule has 0 amide bonds. The number of morpholine rings is 1. The van der Waals surface area contributed by atoms with E-state index in [0.717, 1.165) is 17.6 Å². The maximum Gasteiger partial charge on any atom is 0.305 e. The second-order valence-electron chi connectivity index (χ2n) is 4.43. The number of hydrogen-bond donors (Lipinski definition) is 1. The van der Waals surface area contributed by atoms with E-state index in [9.17, 15) is 4.79 Å². The fraction of sp³-hybridized carbons (Fsp3) is 0.462. The van der Waals surface area contributed by atoms with Crippen molar-refractivity contribution in [2.75, 3.05) is 19.8 Å². The summed E-state index contributed by atoms with van der Waals surface area (Å²) in [6, 6.07) is 8.06. The average molecular weight is 314 g/mol. The quantitative estimate of drug-likeness (QED) is 0.925. The smallest absolute Gasteiger partial charge is 0.305 e. The fourth-order valence-electron chi connectivity index (χ4n) is 2.16. The first-order chi connectivity index (χ1) is 8.65. The van der Waals surface area contributed by atoms with Crippen molar-refractivity contribution in [2.24, 2.45) is 0 Å².